The van der Waals surface area contributed by atoms with Gasteiger partial charge in [0.05, 0.1) is 6.10 Å². The molecule has 0 unspecified atom stereocenters. The van der Waals surface area contributed by atoms with Crippen molar-refractivity contribution in [2.45, 2.75) is 26.9 Å². The Morgan fingerprint density at radius 2 is 2.00 bits per heavy atom. The predicted molar refractivity (Wildman–Crippen MR) is 67.5 cm³/mol. The molecule has 0 fully saturated rings. The lowest BCUT2D eigenvalue weighted by atomic mass is 10.1. The molecule has 1 atom stereocenters. The van der Waals surface area contributed by atoms with Crippen molar-refractivity contribution in [2.75, 3.05) is 0 Å². The number of nitrogens with zero attached hydrogens (tertiary/aromatic N) is 2. The van der Waals surface area contributed by atoms with Gasteiger partial charge in [-0.3, -0.25) is 0 Å². The zero-order chi connectivity index (χ0) is 13.3. The van der Waals surface area contributed by atoms with Crippen LogP contribution in [0.15, 0.2) is 24.4 Å². The first-order valence-electron chi connectivity index (χ1n) is 5.77. The minimum atomic E-state index is -0.589. The first-order chi connectivity index (χ1) is 8.49. The SMILES string of the molecule is Cc1cc(-c2ncc([C@@H](C)O)c(C)n2)ccc1F. The predicted octanol–water partition coefficient (Wildman–Crippen LogP) is 2.95. The van der Waals surface area contributed by atoms with Gasteiger partial charge in [0.25, 0.3) is 0 Å². The summed E-state index contributed by atoms with van der Waals surface area (Å²) in [4.78, 5) is 8.55. The van der Waals surface area contributed by atoms with E-state index in [4.69, 9.17) is 0 Å². The highest BCUT2D eigenvalue weighted by Crippen LogP contribution is 2.21. The van der Waals surface area contributed by atoms with Gasteiger partial charge in [-0.05, 0) is 44.5 Å². The van der Waals surface area contributed by atoms with Gasteiger partial charge < -0.3 is 5.11 Å². The summed E-state index contributed by atoms with van der Waals surface area (Å²) in [5, 5.41) is 9.52. The summed E-state index contributed by atoms with van der Waals surface area (Å²) in [7, 11) is 0. The fraction of sp³-hybridized carbons (Fsp3) is 0.286. The number of aliphatic hydroxyl groups is 1. The van der Waals surface area contributed by atoms with Gasteiger partial charge in [0.1, 0.15) is 5.82 Å². The van der Waals surface area contributed by atoms with Gasteiger partial charge in [0.15, 0.2) is 5.82 Å². The van der Waals surface area contributed by atoms with Crippen LogP contribution in [-0.2, 0) is 0 Å². The zero-order valence-electron chi connectivity index (χ0n) is 10.6. The van der Waals surface area contributed by atoms with Crippen molar-refractivity contribution < 1.29 is 9.50 Å². The van der Waals surface area contributed by atoms with Crippen LogP contribution in [0.5, 0.6) is 0 Å². The highest BCUT2D eigenvalue weighted by Gasteiger charge is 2.10. The third-order valence-electron chi connectivity index (χ3n) is 2.88. The van der Waals surface area contributed by atoms with Crippen LogP contribution in [0.2, 0.25) is 0 Å². The highest BCUT2D eigenvalue weighted by atomic mass is 19.1. The molecular weight excluding hydrogens is 231 g/mol. The fourth-order valence-corrected chi connectivity index (χ4v) is 1.81. The van der Waals surface area contributed by atoms with Gasteiger partial charge in [-0.15, -0.1) is 0 Å². The molecule has 0 amide bonds. The minimum absolute atomic E-state index is 0.240. The summed E-state index contributed by atoms with van der Waals surface area (Å²) in [6.45, 7) is 5.20. The van der Waals surface area contributed by atoms with Crippen LogP contribution in [0.4, 0.5) is 4.39 Å². The lowest BCUT2D eigenvalue weighted by Crippen LogP contribution is -2.01. The smallest absolute Gasteiger partial charge is 0.159 e. The van der Waals surface area contributed by atoms with Crippen molar-refractivity contribution in [3.05, 3.63) is 47.0 Å². The average molecular weight is 246 g/mol. The van der Waals surface area contributed by atoms with Gasteiger partial charge in [-0.2, -0.15) is 0 Å². The standard InChI is InChI=1S/C14H15FN2O/c1-8-6-11(4-5-13(8)15)14-16-7-12(10(3)18)9(2)17-14/h4-7,10,18H,1-3H3/t10-/m1/s1. The van der Waals surface area contributed by atoms with Crippen molar-refractivity contribution >= 4 is 0 Å². The third kappa shape index (κ3) is 2.38. The molecule has 3 nitrogen and oxygen atoms in total. The van der Waals surface area contributed by atoms with Crippen LogP contribution in [0.3, 0.4) is 0 Å². The van der Waals surface area contributed by atoms with E-state index in [-0.39, 0.29) is 5.82 Å². The summed E-state index contributed by atoms with van der Waals surface area (Å²) in [5.41, 5.74) is 2.78. The Bertz CT molecular complexity index is 582. The second-order valence-corrected chi connectivity index (χ2v) is 4.37. The molecule has 0 saturated carbocycles. The van der Waals surface area contributed by atoms with Crippen molar-refractivity contribution in [2.24, 2.45) is 0 Å². The summed E-state index contributed by atoms with van der Waals surface area (Å²) < 4.78 is 13.2. The molecule has 2 aromatic rings. The molecule has 2 rings (SSSR count). The molecule has 0 aliphatic rings. The number of hydrogen-bond acceptors (Lipinski definition) is 3. The van der Waals surface area contributed by atoms with Crippen molar-refractivity contribution in [3.63, 3.8) is 0 Å². The maximum Gasteiger partial charge on any atom is 0.159 e. The number of rotatable bonds is 2. The molecule has 1 heterocycles. The molecule has 1 N–H and O–H groups in total. The van der Waals surface area contributed by atoms with Crippen LogP contribution < -0.4 is 0 Å². The number of aliphatic hydroxyl groups excluding tert-OH is 1. The Morgan fingerprint density at radius 1 is 1.28 bits per heavy atom. The normalized spacial score (nSPS) is 12.5. The summed E-state index contributed by atoms with van der Waals surface area (Å²) in [6, 6.07) is 4.78. The third-order valence-corrected chi connectivity index (χ3v) is 2.88. The second kappa shape index (κ2) is 4.82. The maximum absolute atomic E-state index is 13.2. The quantitative estimate of drug-likeness (QED) is 0.886. The largest absolute Gasteiger partial charge is 0.389 e. The highest BCUT2D eigenvalue weighted by molar-refractivity contribution is 5.56. The minimum Gasteiger partial charge on any atom is -0.389 e. The topological polar surface area (TPSA) is 46.0 Å². The van der Waals surface area contributed by atoms with E-state index in [0.717, 1.165) is 11.3 Å². The molecular formula is C14H15FN2O. The van der Waals surface area contributed by atoms with Crippen molar-refractivity contribution in [1.29, 1.82) is 0 Å². The van der Waals surface area contributed by atoms with E-state index in [1.807, 2.05) is 6.92 Å². The Kier molecular flexibility index (Phi) is 3.39. The number of hydrogen-bond donors (Lipinski definition) is 1. The Morgan fingerprint density at radius 3 is 2.56 bits per heavy atom. The number of aryl methyl sites for hydroxylation is 2. The Balaban J connectivity index is 2.45. The molecule has 94 valence electrons. The van der Waals surface area contributed by atoms with Crippen LogP contribution in [0, 0.1) is 19.7 Å². The fourth-order valence-electron chi connectivity index (χ4n) is 1.81. The molecule has 1 aromatic heterocycles. The van der Waals surface area contributed by atoms with Gasteiger partial charge in [0.2, 0.25) is 0 Å². The molecule has 0 aliphatic heterocycles. The van der Waals surface area contributed by atoms with Gasteiger partial charge >= 0.3 is 0 Å². The van der Waals surface area contributed by atoms with Crippen LogP contribution >= 0.6 is 0 Å². The molecule has 0 spiro atoms. The number of aromatic nitrogens is 2. The molecule has 0 radical (unpaired) electrons. The van der Waals surface area contributed by atoms with Crippen LogP contribution in [0.25, 0.3) is 11.4 Å². The van der Waals surface area contributed by atoms with E-state index in [2.05, 4.69) is 9.97 Å². The number of benzene rings is 1. The zero-order valence-corrected chi connectivity index (χ0v) is 10.6. The molecule has 1 aromatic carbocycles. The van der Waals surface area contributed by atoms with Crippen LogP contribution in [0.1, 0.15) is 29.8 Å². The van der Waals surface area contributed by atoms with E-state index >= 15 is 0 Å². The van der Waals surface area contributed by atoms with Gasteiger partial charge in [0, 0.05) is 23.0 Å². The van der Waals surface area contributed by atoms with E-state index in [0.29, 0.717) is 17.0 Å². The molecule has 0 saturated heterocycles. The second-order valence-electron chi connectivity index (χ2n) is 4.37. The molecule has 0 bridgehead atoms. The lowest BCUT2D eigenvalue weighted by Gasteiger charge is -2.09. The summed E-state index contributed by atoms with van der Waals surface area (Å²) in [5.74, 6) is 0.302. The van der Waals surface area contributed by atoms with E-state index < -0.39 is 6.10 Å². The molecule has 0 aliphatic carbocycles. The van der Waals surface area contributed by atoms with Crippen LogP contribution in [-0.4, -0.2) is 15.1 Å². The summed E-state index contributed by atoms with van der Waals surface area (Å²) in [6.07, 6.45) is 1.02. The van der Waals surface area contributed by atoms with Gasteiger partial charge in [-0.1, -0.05) is 0 Å². The average Bonchev–Trinajstić information content (AvgIpc) is 2.32. The Labute approximate surface area is 105 Å². The van der Waals surface area contributed by atoms with Gasteiger partial charge in [-0.25, -0.2) is 14.4 Å². The maximum atomic E-state index is 13.2. The first-order valence-corrected chi connectivity index (χ1v) is 5.77. The number of halogens is 1. The van der Waals surface area contributed by atoms with Crippen molar-refractivity contribution in [3.8, 4) is 11.4 Å². The molecule has 4 heteroatoms. The van der Waals surface area contributed by atoms with E-state index in [9.17, 15) is 9.50 Å². The van der Waals surface area contributed by atoms with Crippen molar-refractivity contribution in [1.82, 2.24) is 9.97 Å². The van der Waals surface area contributed by atoms with E-state index in [1.54, 1.807) is 32.2 Å². The Hall–Kier alpha value is -1.81. The summed E-state index contributed by atoms with van der Waals surface area (Å²) >= 11 is 0. The monoisotopic (exact) mass is 246 g/mol. The first kappa shape index (κ1) is 12.6. The molecule has 18 heavy (non-hydrogen) atoms. The van der Waals surface area contributed by atoms with E-state index in [1.165, 1.54) is 6.07 Å². The lowest BCUT2D eigenvalue weighted by molar-refractivity contribution is 0.197.